The van der Waals surface area contributed by atoms with Crippen molar-refractivity contribution in [3.8, 4) is 0 Å². The first kappa shape index (κ1) is 16.5. The molecule has 0 aromatic carbocycles. The lowest BCUT2D eigenvalue weighted by molar-refractivity contribution is 0.180. The summed E-state index contributed by atoms with van der Waals surface area (Å²) in [6.45, 7) is 14.7. The van der Waals surface area contributed by atoms with Gasteiger partial charge in [0, 0.05) is 24.8 Å². The van der Waals surface area contributed by atoms with Gasteiger partial charge in [-0.1, -0.05) is 13.8 Å². The summed E-state index contributed by atoms with van der Waals surface area (Å²) >= 11 is 0. The van der Waals surface area contributed by atoms with E-state index < -0.39 is 0 Å². The third-order valence-corrected chi connectivity index (χ3v) is 4.29. The monoisotopic (exact) mass is 292 g/mol. The van der Waals surface area contributed by atoms with Crippen LogP contribution in [-0.2, 0) is 6.54 Å². The zero-order valence-corrected chi connectivity index (χ0v) is 14.2. The average molecular weight is 292 g/mol. The van der Waals surface area contributed by atoms with Gasteiger partial charge in [-0.15, -0.1) is 0 Å². The van der Waals surface area contributed by atoms with Crippen LogP contribution in [0.3, 0.4) is 0 Å². The molecule has 0 radical (unpaired) electrons. The Morgan fingerprint density at radius 3 is 2.57 bits per heavy atom. The second kappa shape index (κ2) is 7.95. The highest BCUT2D eigenvalue weighted by atomic mass is 15.3. The fraction of sp³-hybridized carbons (Fsp3) is 0.824. The Morgan fingerprint density at radius 1 is 1.29 bits per heavy atom. The highest BCUT2D eigenvalue weighted by Crippen LogP contribution is 2.12. The van der Waals surface area contributed by atoms with Crippen LogP contribution in [-0.4, -0.2) is 46.9 Å². The van der Waals surface area contributed by atoms with Crippen molar-refractivity contribution in [2.45, 2.75) is 59.5 Å². The van der Waals surface area contributed by atoms with E-state index in [1.807, 2.05) is 0 Å². The second-order valence-electron chi connectivity index (χ2n) is 6.93. The Bertz CT molecular complexity index is 416. The zero-order chi connectivity index (χ0) is 15.2. The maximum absolute atomic E-state index is 4.51. The number of aromatic nitrogens is 2. The van der Waals surface area contributed by atoms with Crippen LogP contribution in [0.1, 0.15) is 44.5 Å². The van der Waals surface area contributed by atoms with E-state index in [0.29, 0.717) is 6.04 Å². The van der Waals surface area contributed by atoms with Crippen molar-refractivity contribution in [3.63, 3.8) is 0 Å². The summed E-state index contributed by atoms with van der Waals surface area (Å²) in [5, 5.41) is 8.24. The van der Waals surface area contributed by atoms with Gasteiger partial charge >= 0.3 is 0 Å². The molecule has 1 fully saturated rings. The molecular formula is C17H32N4. The average Bonchev–Trinajstić information content (AvgIpc) is 2.74. The minimum absolute atomic E-state index is 0.717. The Morgan fingerprint density at radius 2 is 2.00 bits per heavy atom. The second-order valence-corrected chi connectivity index (χ2v) is 6.93. The SMILES string of the molecule is Cc1cc(C)n(CCCNC2CCN(CC(C)C)CC2)n1. The smallest absolute Gasteiger partial charge is 0.0596 e. The first-order valence-corrected chi connectivity index (χ1v) is 8.51. The van der Waals surface area contributed by atoms with Crippen molar-refractivity contribution in [3.05, 3.63) is 17.5 Å². The maximum atomic E-state index is 4.51. The van der Waals surface area contributed by atoms with Gasteiger partial charge in [-0.3, -0.25) is 4.68 Å². The van der Waals surface area contributed by atoms with Gasteiger partial charge < -0.3 is 10.2 Å². The summed E-state index contributed by atoms with van der Waals surface area (Å²) in [5.41, 5.74) is 2.40. The number of likely N-dealkylation sites (tertiary alicyclic amines) is 1. The van der Waals surface area contributed by atoms with E-state index in [4.69, 9.17) is 0 Å². The van der Waals surface area contributed by atoms with E-state index >= 15 is 0 Å². The summed E-state index contributed by atoms with van der Waals surface area (Å²) < 4.78 is 2.13. The number of nitrogens with zero attached hydrogens (tertiary/aromatic N) is 3. The lowest BCUT2D eigenvalue weighted by atomic mass is 10.0. The summed E-state index contributed by atoms with van der Waals surface area (Å²) in [6, 6.07) is 2.87. The topological polar surface area (TPSA) is 33.1 Å². The fourth-order valence-electron chi connectivity index (χ4n) is 3.27. The molecule has 4 heteroatoms. The number of hydrogen-bond acceptors (Lipinski definition) is 3. The molecule has 2 heterocycles. The quantitative estimate of drug-likeness (QED) is 0.784. The van der Waals surface area contributed by atoms with Crippen molar-refractivity contribution in [2.24, 2.45) is 5.92 Å². The molecule has 1 saturated heterocycles. The van der Waals surface area contributed by atoms with Gasteiger partial charge in [0.2, 0.25) is 0 Å². The Balaban J connectivity index is 1.59. The number of piperidine rings is 1. The van der Waals surface area contributed by atoms with Crippen molar-refractivity contribution in [2.75, 3.05) is 26.2 Å². The highest BCUT2D eigenvalue weighted by molar-refractivity contribution is 5.06. The molecule has 4 nitrogen and oxygen atoms in total. The van der Waals surface area contributed by atoms with Gasteiger partial charge in [0.25, 0.3) is 0 Å². The third-order valence-electron chi connectivity index (χ3n) is 4.29. The van der Waals surface area contributed by atoms with E-state index in [-0.39, 0.29) is 0 Å². The Kier molecular flexibility index (Phi) is 6.24. The molecule has 0 amide bonds. The number of aryl methyl sites for hydroxylation is 3. The molecule has 0 bridgehead atoms. The van der Waals surface area contributed by atoms with E-state index in [1.165, 1.54) is 38.2 Å². The normalized spacial score (nSPS) is 17.8. The number of hydrogen-bond donors (Lipinski definition) is 1. The summed E-state index contributed by atoms with van der Waals surface area (Å²) in [5.74, 6) is 0.787. The molecule has 0 spiro atoms. The largest absolute Gasteiger partial charge is 0.314 e. The van der Waals surface area contributed by atoms with Gasteiger partial charge in [0.05, 0.1) is 5.69 Å². The van der Waals surface area contributed by atoms with Crippen LogP contribution in [0.25, 0.3) is 0 Å². The molecule has 2 rings (SSSR count). The predicted octanol–water partition coefficient (Wildman–Crippen LogP) is 2.60. The summed E-state index contributed by atoms with van der Waals surface area (Å²) in [4.78, 5) is 2.61. The maximum Gasteiger partial charge on any atom is 0.0596 e. The van der Waals surface area contributed by atoms with E-state index in [9.17, 15) is 0 Å². The first-order valence-electron chi connectivity index (χ1n) is 8.51. The molecule has 1 aromatic rings. The molecular weight excluding hydrogens is 260 g/mol. The molecule has 1 N–H and O–H groups in total. The van der Waals surface area contributed by atoms with Crippen LogP contribution >= 0.6 is 0 Å². The van der Waals surface area contributed by atoms with Crippen LogP contribution < -0.4 is 5.32 Å². The van der Waals surface area contributed by atoms with Crippen molar-refractivity contribution in [1.82, 2.24) is 20.0 Å². The molecule has 120 valence electrons. The predicted molar refractivity (Wildman–Crippen MR) is 88.6 cm³/mol. The van der Waals surface area contributed by atoms with E-state index in [0.717, 1.165) is 31.1 Å². The van der Waals surface area contributed by atoms with E-state index in [1.54, 1.807) is 0 Å². The van der Waals surface area contributed by atoms with Crippen LogP contribution in [0.2, 0.25) is 0 Å². The van der Waals surface area contributed by atoms with Crippen LogP contribution in [0.4, 0.5) is 0 Å². The fourth-order valence-corrected chi connectivity index (χ4v) is 3.27. The van der Waals surface area contributed by atoms with Crippen molar-refractivity contribution >= 4 is 0 Å². The van der Waals surface area contributed by atoms with Crippen LogP contribution in [0, 0.1) is 19.8 Å². The molecule has 1 aliphatic heterocycles. The molecule has 1 aliphatic rings. The van der Waals surface area contributed by atoms with Gasteiger partial charge in [0.1, 0.15) is 0 Å². The molecule has 0 saturated carbocycles. The first-order chi connectivity index (χ1) is 10.0. The summed E-state index contributed by atoms with van der Waals surface area (Å²) in [7, 11) is 0. The minimum atomic E-state index is 0.717. The Hall–Kier alpha value is -0.870. The minimum Gasteiger partial charge on any atom is -0.314 e. The highest BCUT2D eigenvalue weighted by Gasteiger charge is 2.18. The van der Waals surface area contributed by atoms with Crippen molar-refractivity contribution < 1.29 is 0 Å². The molecule has 0 aliphatic carbocycles. The molecule has 21 heavy (non-hydrogen) atoms. The molecule has 1 aromatic heterocycles. The van der Waals surface area contributed by atoms with E-state index in [2.05, 4.69) is 53.8 Å². The lowest BCUT2D eigenvalue weighted by Crippen LogP contribution is -2.43. The zero-order valence-electron chi connectivity index (χ0n) is 14.2. The van der Waals surface area contributed by atoms with Crippen LogP contribution in [0.15, 0.2) is 6.07 Å². The lowest BCUT2D eigenvalue weighted by Gasteiger charge is -2.33. The van der Waals surface area contributed by atoms with Crippen LogP contribution in [0.5, 0.6) is 0 Å². The number of nitrogens with one attached hydrogen (secondary N) is 1. The van der Waals surface area contributed by atoms with Gasteiger partial charge in [-0.25, -0.2) is 0 Å². The standard InChI is InChI=1S/C17H32N4/c1-14(2)13-20-10-6-17(7-11-20)18-8-5-9-21-16(4)12-15(3)19-21/h12,14,17-18H,5-11,13H2,1-4H3. The summed E-state index contributed by atoms with van der Waals surface area (Å²) in [6.07, 6.45) is 3.76. The van der Waals surface area contributed by atoms with Crippen molar-refractivity contribution in [1.29, 1.82) is 0 Å². The number of rotatable bonds is 7. The third kappa shape index (κ3) is 5.44. The molecule has 0 unspecified atom stereocenters. The Labute approximate surface area is 129 Å². The van der Waals surface area contributed by atoms with Gasteiger partial charge in [-0.2, -0.15) is 5.10 Å². The van der Waals surface area contributed by atoms with Gasteiger partial charge in [0.15, 0.2) is 0 Å². The van der Waals surface area contributed by atoms with Gasteiger partial charge in [-0.05, 0) is 64.7 Å². The molecule has 0 atom stereocenters.